The molecule has 5 nitrogen and oxygen atoms in total. The summed E-state index contributed by atoms with van der Waals surface area (Å²) < 4.78 is 1.90. The number of carbonyl (C=O) groups is 1. The standard InChI is InChI=1S/C15H13ClN4O/c16-11-5-10-8(6-17-11)1-2-9-12(10)19-20-7-15(3-4-15)18-14(21)13(9)20/h5-6H,1-4,7H2,(H,18,21). The molecule has 0 saturated heterocycles. The summed E-state index contributed by atoms with van der Waals surface area (Å²) in [5.41, 5.74) is 4.85. The van der Waals surface area contributed by atoms with Gasteiger partial charge in [-0.3, -0.25) is 9.48 Å². The molecule has 2 aliphatic carbocycles. The SMILES string of the molecule is O=C1NC2(CC2)Cn2nc3c(c21)CCc1cnc(Cl)cc1-3. The first kappa shape index (κ1) is 11.7. The minimum Gasteiger partial charge on any atom is -0.343 e. The summed E-state index contributed by atoms with van der Waals surface area (Å²) >= 11 is 6.03. The van der Waals surface area contributed by atoms with Crippen LogP contribution in [0.3, 0.4) is 0 Å². The van der Waals surface area contributed by atoms with Gasteiger partial charge in [0.2, 0.25) is 0 Å². The fourth-order valence-corrected chi connectivity index (χ4v) is 3.68. The van der Waals surface area contributed by atoms with Crippen LogP contribution in [0.2, 0.25) is 5.15 Å². The Morgan fingerprint density at radius 2 is 2.19 bits per heavy atom. The van der Waals surface area contributed by atoms with Crippen molar-refractivity contribution in [1.82, 2.24) is 20.1 Å². The Bertz CT molecular complexity index is 806. The number of rotatable bonds is 0. The minimum absolute atomic E-state index is 0.0242. The number of amides is 1. The molecule has 2 aromatic rings. The molecule has 3 aliphatic rings. The van der Waals surface area contributed by atoms with Crippen LogP contribution in [0.25, 0.3) is 11.3 Å². The number of halogens is 1. The van der Waals surface area contributed by atoms with Crippen molar-refractivity contribution in [3.05, 3.63) is 34.2 Å². The van der Waals surface area contributed by atoms with Gasteiger partial charge in [0, 0.05) is 17.3 Å². The van der Waals surface area contributed by atoms with Crippen LogP contribution in [-0.2, 0) is 19.4 Å². The highest BCUT2D eigenvalue weighted by molar-refractivity contribution is 6.29. The normalized spacial score (nSPS) is 20.5. The third kappa shape index (κ3) is 1.55. The average molecular weight is 301 g/mol. The molecular weight excluding hydrogens is 288 g/mol. The lowest BCUT2D eigenvalue weighted by Crippen LogP contribution is -2.46. The first-order chi connectivity index (χ1) is 10.2. The number of carbonyl (C=O) groups excluding carboxylic acids is 1. The van der Waals surface area contributed by atoms with Gasteiger partial charge in [-0.2, -0.15) is 5.10 Å². The summed E-state index contributed by atoms with van der Waals surface area (Å²) in [5, 5.41) is 8.35. The smallest absolute Gasteiger partial charge is 0.270 e. The molecular formula is C15H13ClN4O. The number of pyridine rings is 1. The summed E-state index contributed by atoms with van der Waals surface area (Å²) in [5.74, 6) is 0.0242. The predicted octanol–water partition coefficient (Wildman–Crippen LogP) is 1.97. The van der Waals surface area contributed by atoms with E-state index in [4.69, 9.17) is 16.7 Å². The van der Waals surface area contributed by atoms with Crippen LogP contribution in [0.4, 0.5) is 0 Å². The maximum atomic E-state index is 12.4. The van der Waals surface area contributed by atoms with E-state index in [0.717, 1.165) is 60.3 Å². The zero-order chi connectivity index (χ0) is 14.2. The van der Waals surface area contributed by atoms with E-state index in [1.807, 2.05) is 16.9 Å². The molecule has 106 valence electrons. The van der Waals surface area contributed by atoms with Crippen molar-refractivity contribution in [3.63, 3.8) is 0 Å². The van der Waals surface area contributed by atoms with E-state index in [9.17, 15) is 4.79 Å². The first-order valence-electron chi connectivity index (χ1n) is 7.22. The van der Waals surface area contributed by atoms with E-state index in [1.54, 1.807) is 0 Å². The first-order valence-corrected chi connectivity index (χ1v) is 7.60. The largest absolute Gasteiger partial charge is 0.343 e. The molecule has 1 fully saturated rings. The van der Waals surface area contributed by atoms with E-state index >= 15 is 0 Å². The monoisotopic (exact) mass is 300 g/mol. The molecule has 3 heterocycles. The van der Waals surface area contributed by atoms with E-state index < -0.39 is 0 Å². The van der Waals surface area contributed by atoms with E-state index in [1.165, 1.54) is 0 Å². The Labute approximate surface area is 126 Å². The van der Waals surface area contributed by atoms with Crippen molar-refractivity contribution in [1.29, 1.82) is 0 Å². The molecule has 2 aromatic heterocycles. The summed E-state index contributed by atoms with van der Waals surface area (Å²) in [4.78, 5) is 16.6. The van der Waals surface area contributed by atoms with Crippen molar-refractivity contribution >= 4 is 17.5 Å². The Morgan fingerprint density at radius 3 is 3.00 bits per heavy atom. The summed E-state index contributed by atoms with van der Waals surface area (Å²) in [6.45, 7) is 0.787. The van der Waals surface area contributed by atoms with Crippen LogP contribution in [0, 0.1) is 0 Å². The number of nitrogens with zero attached hydrogens (tertiary/aromatic N) is 3. The van der Waals surface area contributed by atoms with Crippen molar-refractivity contribution < 1.29 is 4.79 Å². The van der Waals surface area contributed by atoms with Crippen LogP contribution in [0.5, 0.6) is 0 Å². The molecule has 0 unspecified atom stereocenters. The van der Waals surface area contributed by atoms with Gasteiger partial charge in [0.05, 0.1) is 17.8 Å². The summed E-state index contributed by atoms with van der Waals surface area (Å²) in [6.07, 6.45) is 5.64. The number of aryl methyl sites for hydroxylation is 1. The topological polar surface area (TPSA) is 59.8 Å². The molecule has 21 heavy (non-hydrogen) atoms. The van der Waals surface area contributed by atoms with Gasteiger partial charge in [0.1, 0.15) is 10.8 Å². The molecule has 1 spiro atoms. The lowest BCUT2D eigenvalue weighted by molar-refractivity contribution is 0.0885. The fourth-order valence-electron chi connectivity index (χ4n) is 3.52. The minimum atomic E-state index is -0.0303. The van der Waals surface area contributed by atoms with Crippen LogP contribution in [-0.4, -0.2) is 26.2 Å². The molecule has 1 N–H and O–H groups in total. The fraction of sp³-hybridized carbons (Fsp3) is 0.400. The predicted molar refractivity (Wildman–Crippen MR) is 77.3 cm³/mol. The maximum absolute atomic E-state index is 12.4. The average Bonchev–Trinajstić information content (AvgIpc) is 3.07. The van der Waals surface area contributed by atoms with Crippen LogP contribution >= 0.6 is 11.6 Å². The number of hydrogen-bond donors (Lipinski definition) is 1. The van der Waals surface area contributed by atoms with Gasteiger partial charge in [0.25, 0.3) is 5.91 Å². The zero-order valence-corrected chi connectivity index (χ0v) is 12.1. The highest BCUT2D eigenvalue weighted by Gasteiger charge is 2.49. The molecule has 1 amide bonds. The van der Waals surface area contributed by atoms with E-state index in [-0.39, 0.29) is 11.4 Å². The third-order valence-corrected chi connectivity index (χ3v) is 5.01. The van der Waals surface area contributed by atoms with Gasteiger partial charge in [-0.15, -0.1) is 0 Å². The van der Waals surface area contributed by atoms with E-state index in [0.29, 0.717) is 5.15 Å². The number of hydrogen-bond acceptors (Lipinski definition) is 3. The lowest BCUT2D eigenvalue weighted by atomic mass is 9.90. The number of aromatic nitrogens is 3. The lowest BCUT2D eigenvalue weighted by Gasteiger charge is -2.24. The number of nitrogens with one attached hydrogen (secondary N) is 1. The molecule has 0 radical (unpaired) electrons. The van der Waals surface area contributed by atoms with Crippen molar-refractivity contribution in [2.75, 3.05) is 0 Å². The number of fused-ring (bicyclic) bond motifs is 5. The van der Waals surface area contributed by atoms with Gasteiger partial charge in [-0.25, -0.2) is 4.98 Å². The Morgan fingerprint density at radius 1 is 1.33 bits per heavy atom. The molecule has 0 bridgehead atoms. The third-order valence-electron chi connectivity index (χ3n) is 4.80. The maximum Gasteiger partial charge on any atom is 0.270 e. The summed E-state index contributed by atoms with van der Waals surface area (Å²) in [6, 6.07) is 1.86. The van der Waals surface area contributed by atoms with Gasteiger partial charge < -0.3 is 5.32 Å². The molecule has 5 rings (SSSR count). The molecule has 0 atom stereocenters. The second kappa shape index (κ2) is 3.65. The zero-order valence-electron chi connectivity index (χ0n) is 11.3. The Hall–Kier alpha value is -1.88. The Balaban J connectivity index is 1.73. The van der Waals surface area contributed by atoms with Crippen molar-refractivity contribution in [3.8, 4) is 11.3 Å². The van der Waals surface area contributed by atoms with Gasteiger partial charge in [-0.1, -0.05) is 11.6 Å². The van der Waals surface area contributed by atoms with Gasteiger partial charge in [-0.05, 0) is 37.3 Å². The second-order valence-corrected chi connectivity index (χ2v) is 6.62. The van der Waals surface area contributed by atoms with Crippen LogP contribution in [0.1, 0.15) is 34.5 Å². The second-order valence-electron chi connectivity index (χ2n) is 6.23. The Kier molecular flexibility index (Phi) is 2.04. The van der Waals surface area contributed by atoms with Crippen molar-refractivity contribution in [2.24, 2.45) is 0 Å². The quantitative estimate of drug-likeness (QED) is 0.757. The molecule has 6 heteroatoms. The van der Waals surface area contributed by atoms with Gasteiger partial charge in [0.15, 0.2) is 0 Å². The van der Waals surface area contributed by atoms with Crippen LogP contribution < -0.4 is 5.32 Å². The van der Waals surface area contributed by atoms with Crippen molar-refractivity contribution in [2.45, 2.75) is 37.8 Å². The van der Waals surface area contributed by atoms with Gasteiger partial charge >= 0.3 is 0 Å². The summed E-state index contributed by atoms with van der Waals surface area (Å²) in [7, 11) is 0. The molecule has 0 aromatic carbocycles. The highest BCUT2D eigenvalue weighted by Crippen LogP contribution is 2.42. The highest BCUT2D eigenvalue weighted by atomic mass is 35.5. The van der Waals surface area contributed by atoms with E-state index in [2.05, 4.69) is 10.3 Å². The van der Waals surface area contributed by atoms with Crippen LogP contribution in [0.15, 0.2) is 12.3 Å². The molecule has 1 saturated carbocycles. The molecule has 1 aliphatic heterocycles.